The van der Waals surface area contributed by atoms with Crippen LogP contribution in [0.3, 0.4) is 0 Å². The number of hydrogen-bond donors (Lipinski definition) is 0. The molecule has 13 heavy (non-hydrogen) atoms. The molecule has 0 spiro atoms. The quantitative estimate of drug-likeness (QED) is 0.406. The van der Waals surface area contributed by atoms with Crippen LogP contribution in [0.25, 0.3) is 0 Å². The molecule has 1 aromatic rings. The van der Waals surface area contributed by atoms with Gasteiger partial charge in [0.2, 0.25) is 0 Å². The Bertz CT molecular complexity index is 253. The summed E-state index contributed by atoms with van der Waals surface area (Å²) in [6, 6.07) is 7.73. The fraction of sp³-hybridized carbons (Fsp3) is 0.364. The van der Waals surface area contributed by atoms with Crippen LogP contribution < -0.4 is 0 Å². The van der Waals surface area contributed by atoms with E-state index >= 15 is 0 Å². The lowest BCUT2D eigenvalue weighted by atomic mass is 10.2. The number of aldehydes is 1. The molecular weight excluding hydrogens is 180 g/mol. The van der Waals surface area contributed by atoms with Gasteiger partial charge in [-0.15, -0.1) is 11.8 Å². The first-order chi connectivity index (χ1) is 6.36. The summed E-state index contributed by atoms with van der Waals surface area (Å²) in [5.74, 6) is 1.16. The number of unbranched alkanes of at least 4 members (excludes halogenated alkanes) is 1. The van der Waals surface area contributed by atoms with Crippen LogP contribution in [0.4, 0.5) is 0 Å². The van der Waals surface area contributed by atoms with Crippen LogP contribution in [-0.2, 0) is 0 Å². The highest BCUT2D eigenvalue weighted by molar-refractivity contribution is 7.99. The maximum atomic E-state index is 10.4. The fourth-order valence-corrected chi connectivity index (χ4v) is 1.97. The van der Waals surface area contributed by atoms with Gasteiger partial charge in [0, 0.05) is 10.5 Å². The van der Waals surface area contributed by atoms with Crippen molar-refractivity contribution in [3.05, 3.63) is 29.8 Å². The first-order valence-corrected chi connectivity index (χ1v) is 5.53. The number of hydrogen-bond acceptors (Lipinski definition) is 2. The molecular formula is C11H14OS. The van der Waals surface area contributed by atoms with Crippen molar-refractivity contribution < 1.29 is 4.79 Å². The van der Waals surface area contributed by atoms with E-state index in [9.17, 15) is 4.79 Å². The van der Waals surface area contributed by atoms with Crippen LogP contribution in [0.2, 0.25) is 0 Å². The Labute approximate surface area is 83.5 Å². The van der Waals surface area contributed by atoms with E-state index in [4.69, 9.17) is 0 Å². The van der Waals surface area contributed by atoms with E-state index in [1.54, 1.807) is 0 Å². The van der Waals surface area contributed by atoms with Gasteiger partial charge in [-0.2, -0.15) is 0 Å². The van der Waals surface area contributed by atoms with E-state index in [-0.39, 0.29) is 0 Å². The van der Waals surface area contributed by atoms with Crippen molar-refractivity contribution >= 4 is 18.0 Å². The Hall–Kier alpha value is -0.760. The molecule has 0 fully saturated rings. The summed E-state index contributed by atoms with van der Waals surface area (Å²) in [4.78, 5) is 11.6. The highest BCUT2D eigenvalue weighted by Crippen LogP contribution is 2.19. The second kappa shape index (κ2) is 5.81. The first kappa shape index (κ1) is 10.3. The lowest BCUT2D eigenvalue weighted by Gasteiger charge is -1.99. The zero-order chi connectivity index (χ0) is 9.52. The molecule has 0 aromatic heterocycles. The third-order valence-corrected chi connectivity index (χ3v) is 2.88. The lowest BCUT2D eigenvalue weighted by molar-refractivity contribution is 0.112. The van der Waals surface area contributed by atoms with Gasteiger partial charge in [0.15, 0.2) is 0 Å². The molecule has 0 bridgehead atoms. The highest BCUT2D eigenvalue weighted by atomic mass is 32.2. The third kappa shape index (κ3) is 3.64. The number of rotatable bonds is 5. The molecule has 0 radical (unpaired) electrons. The van der Waals surface area contributed by atoms with Gasteiger partial charge in [-0.25, -0.2) is 0 Å². The Kier molecular flexibility index (Phi) is 4.61. The predicted molar refractivity (Wildman–Crippen MR) is 57.5 cm³/mol. The summed E-state index contributed by atoms with van der Waals surface area (Å²) < 4.78 is 0. The van der Waals surface area contributed by atoms with Crippen molar-refractivity contribution in [2.75, 3.05) is 5.75 Å². The zero-order valence-corrected chi connectivity index (χ0v) is 8.64. The smallest absolute Gasteiger partial charge is 0.150 e. The summed E-state index contributed by atoms with van der Waals surface area (Å²) in [5.41, 5.74) is 0.750. The molecule has 0 N–H and O–H groups in total. The Morgan fingerprint density at radius 2 is 2.00 bits per heavy atom. The molecule has 0 saturated heterocycles. The maximum Gasteiger partial charge on any atom is 0.150 e. The van der Waals surface area contributed by atoms with E-state index in [1.165, 1.54) is 17.7 Å². The summed E-state index contributed by atoms with van der Waals surface area (Å²) in [5, 5.41) is 0. The van der Waals surface area contributed by atoms with Crippen LogP contribution in [0, 0.1) is 0 Å². The summed E-state index contributed by atoms with van der Waals surface area (Å²) in [6.45, 7) is 2.19. The monoisotopic (exact) mass is 194 g/mol. The highest BCUT2D eigenvalue weighted by Gasteiger charge is 1.93. The van der Waals surface area contributed by atoms with Gasteiger partial charge in [0.1, 0.15) is 6.29 Å². The van der Waals surface area contributed by atoms with E-state index in [1.807, 2.05) is 36.0 Å². The van der Waals surface area contributed by atoms with E-state index in [0.29, 0.717) is 0 Å². The second-order valence-corrected chi connectivity index (χ2v) is 4.06. The van der Waals surface area contributed by atoms with Crippen LogP contribution in [0.1, 0.15) is 30.1 Å². The van der Waals surface area contributed by atoms with Gasteiger partial charge in [0.25, 0.3) is 0 Å². The number of carbonyl (C=O) groups is 1. The molecule has 0 saturated carbocycles. The van der Waals surface area contributed by atoms with Crippen molar-refractivity contribution in [2.24, 2.45) is 0 Å². The minimum Gasteiger partial charge on any atom is -0.298 e. The van der Waals surface area contributed by atoms with Gasteiger partial charge < -0.3 is 0 Å². The molecule has 70 valence electrons. The molecule has 0 aliphatic carbocycles. The Morgan fingerprint density at radius 3 is 2.54 bits per heavy atom. The molecule has 0 heterocycles. The SMILES string of the molecule is CCCCSc1ccc(C=O)cc1. The van der Waals surface area contributed by atoms with E-state index in [2.05, 4.69) is 6.92 Å². The number of carbonyl (C=O) groups excluding carboxylic acids is 1. The van der Waals surface area contributed by atoms with Crippen molar-refractivity contribution in [2.45, 2.75) is 24.7 Å². The largest absolute Gasteiger partial charge is 0.298 e. The third-order valence-electron chi connectivity index (χ3n) is 1.78. The minimum atomic E-state index is 0.750. The molecule has 1 aromatic carbocycles. The first-order valence-electron chi connectivity index (χ1n) is 4.55. The molecule has 0 aliphatic rings. The summed E-state index contributed by atoms with van der Waals surface area (Å²) in [7, 11) is 0. The van der Waals surface area contributed by atoms with Crippen molar-refractivity contribution in [3.8, 4) is 0 Å². The summed E-state index contributed by atoms with van der Waals surface area (Å²) in [6.07, 6.45) is 3.36. The van der Waals surface area contributed by atoms with Crippen LogP contribution in [0.15, 0.2) is 29.2 Å². The van der Waals surface area contributed by atoms with Crippen molar-refractivity contribution in [3.63, 3.8) is 0 Å². The topological polar surface area (TPSA) is 17.1 Å². The standard InChI is InChI=1S/C11H14OS/c1-2-3-8-13-11-6-4-10(9-12)5-7-11/h4-7,9H,2-3,8H2,1H3. The van der Waals surface area contributed by atoms with Gasteiger partial charge in [0.05, 0.1) is 0 Å². The average Bonchev–Trinajstić information content (AvgIpc) is 2.19. The Morgan fingerprint density at radius 1 is 1.31 bits per heavy atom. The van der Waals surface area contributed by atoms with Gasteiger partial charge >= 0.3 is 0 Å². The van der Waals surface area contributed by atoms with Gasteiger partial charge in [-0.3, -0.25) is 4.79 Å². The molecule has 0 unspecified atom stereocenters. The summed E-state index contributed by atoms with van der Waals surface area (Å²) >= 11 is 1.85. The number of thioether (sulfide) groups is 1. The van der Waals surface area contributed by atoms with Crippen LogP contribution >= 0.6 is 11.8 Å². The minimum absolute atomic E-state index is 0.750. The fourth-order valence-electron chi connectivity index (χ4n) is 0.977. The van der Waals surface area contributed by atoms with Crippen LogP contribution in [0.5, 0.6) is 0 Å². The number of benzene rings is 1. The predicted octanol–water partition coefficient (Wildman–Crippen LogP) is 3.39. The van der Waals surface area contributed by atoms with Crippen LogP contribution in [-0.4, -0.2) is 12.0 Å². The van der Waals surface area contributed by atoms with Crippen molar-refractivity contribution in [1.82, 2.24) is 0 Å². The van der Waals surface area contributed by atoms with Gasteiger partial charge in [-0.05, 0) is 24.3 Å². The molecule has 1 rings (SSSR count). The normalized spacial score (nSPS) is 9.92. The maximum absolute atomic E-state index is 10.4. The van der Waals surface area contributed by atoms with Gasteiger partial charge in [-0.1, -0.05) is 25.5 Å². The van der Waals surface area contributed by atoms with E-state index < -0.39 is 0 Å². The molecule has 0 atom stereocenters. The molecule has 1 nitrogen and oxygen atoms in total. The Balaban J connectivity index is 2.44. The second-order valence-electron chi connectivity index (χ2n) is 2.89. The average molecular weight is 194 g/mol. The molecule has 2 heteroatoms. The zero-order valence-electron chi connectivity index (χ0n) is 7.82. The van der Waals surface area contributed by atoms with E-state index in [0.717, 1.165) is 17.6 Å². The van der Waals surface area contributed by atoms with Crippen molar-refractivity contribution in [1.29, 1.82) is 0 Å². The molecule has 0 aliphatic heterocycles. The molecule has 0 amide bonds. The lowest BCUT2D eigenvalue weighted by Crippen LogP contribution is -1.80.